The Hall–Kier alpha value is -2.50. The molecule has 0 bridgehead atoms. The minimum Gasteiger partial charge on any atom is -0.490 e. The highest BCUT2D eigenvalue weighted by Crippen LogP contribution is 2.36. The molecule has 0 amide bonds. The van der Waals surface area contributed by atoms with Gasteiger partial charge in [-0.15, -0.1) is 0 Å². The second-order valence-corrected chi connectivity index (χ2v) is 3.10. The van der Waals surface area contributed by atoms with E-state index >= 15 is 0 Å². The maximum Gasteiger partial charge on any atom is 0.282 e. The molecule has 0 aromatic carbocycles. The number of rotatable bonds is 3. The van der Waals surface area contributed by atoms with Crippen LogP contribution in [0.2, 0.25) is 0 Å². The molecule has 1 N–H and O–H groups in total. The average molecular weight is 233 g/mol. The van der Waals surface area contributed by atoms with Crippen molar-refractivity contribution in [1.82, 2.24) is 9.97 Å². The summed E-state index contributed by atoms with van der Waals surface area (Å²) < 4.78 is 10.1. The van der Waals surface area contributed by atoms with E-state index in [1.165, 1.54) is 25.6 Å². The molecule has 1 radical (unpaired) electrons. The van der Waals surface area contributed by atoms with E-state index in [-0.39, 0.29) is 5.75 Å². The highest BCUT2D eigenvalue weighted by atomic mass is 16.5. The maximum atomic E-state index is 11.4. The molecule has 0 unspecified atom stereocenters. The summed E-state index contributed by atoms with van der Waals surface area (Å²) in [4.78, 5) is 7.35. The molecule has 0 aliphatic rings. The summed E-state index contributed by atoms with van der Waals surface area (Å²) in [5.74, 6) is -0.456. The Bertz CT molecular complexity index is 513. The lowest BCUT2D eigenvalue weighted by atomic mass is 10.4. The number of methoxy groups -OCH3 is 1. The molecule has 6 nitrogen and oxygen atoms in total. The molecule has 0 spiro atoms. The van der Waals surface area contributed by atoms with Crippen LogP contribution in [0, 0.1) is 0 Å². The Labute approximate surface area is 97.1 Å². The van der Waals surface area contributed by atoms with Crippen LogP contribution in [-0.4, -0.2) is 22.2 Å². The number of ether oxygens (including phenoxy) is 2. The second kappa shape index (κ2) is 4.56. The quantitative estimate of drug-likeness (QED) is 0.877. The van der Waals surface area contributed by atoms with Gasteiger partial charge in [0.15, 0.2) is 5.75 Å². The van der Waals surface area contributed by atoms with Gasteiger partial charge >= 0.3 is 0 Å². The molecular formula is C11H9N2O4. The lowest BCUT2D eigenvalue weighted by Gasteiger charge is -2.06. The van der Waals surface area contributed by atoms with Crippen LogP contribution in [0.4, 0.5) is 0 Å². The van der Waals surface area contributed by atoms with E-state index < -0.39 is 11.6 Å². The Kier molecular flexibility index (Phi) is 2.95. The summed E-state index contributed by atoms with van der Waals surface area (Å²) in [6, 6.07) is 4.57. The fourth-order valence-corrected chi connectivity index (χ4v) is 1.18. The van der Waals surface area contributed by atoms with E-state index in [0.29, 0.717) is 11.6 Å². The molecule has 17 heavy (non-hydrogen) atoms. The van der Waals surface area contributed by atoms with E-state index in [2.05, 4.69) is 9.97 Å². The first-order chi connectivity index (χ1) is 8.20. The van der Waals surface area contributed by atoms with Crippen LogP contribution < -0.4 is 9.47 Å². The Morgan fingerprint density at radius 2 is 2.06 bits per heavy atom. The first-order valence-corrected chi connectivity index (χ1v) is 4.73. The van der Waals surface area contributed by atoms with Crippen LogP contribution in [0.15, 0.2) is 30.6 Å². The molecular weight excluding hydrogens is 224 g/mol. The lowest BCUT2D eigenvalue weighted by Crippen LogP contribution is -1.89. The number of hydrogen-bond donors (Lipinski definition) is 1. The molecule has 2 aromatic heterocycles. The maximum absolute atomic E-state index is 11.4. The van der Waals surface area contributed by atoms with Crippen molar-refractivity contribution in [2.75, 3.05) is 7.11 Å². The van der Waals surface area contributed by atoms with Gasteiger partial charge in [-0.3, -0.25) is 5.11 Å². The third-order valence-corrected chi connectivity index (χ3v) is 2.00. The zero-order chi connectivity index (χ0) is 12.3. The van der Waals surface area contributed by atoms with Crippen LogP contribution in [-0.2, 0) is 5.11 Å². The van der Waals surface area contributed by atoms with Gasteiger partial charge < -0.3 is 14.6 Å². The number of hydrogen-bond acceptors (Lipinski definition) is 5. The smallest absolute Gasteiger partial charge is 0.282 e. The first kappa shape index (κ1) is 11.0. The van der Waals surface area contributed by atoms with Crippen molar-refractivity contribution in [3.63, 3.8) is 0 Å². The van der Waals surface area contributed by atoms with E-state index in [9.17, 15) is 5.11 Å². The minimum absolute atomic E-state index is 0.00975. The average Bonchev–Trinajstić information content (AvgIpc) is 2.36. The van der Waals surface area contributed by atoms with Gasteiger partial charge in [-0.1, -0.05) is 0 Å². The molecule has 0 aliphatic carbocycles. The monoisotopic (exact) mass is 233 g/mol. The van der Waals surface area contributed by atoms with Gasteiger partial charge in [-0.2, -0.15) is 0 Å². The summed E-state index contributed by atoms with van der Waals surface area (Å²) in [7, 11) is 1.50. The van der Waals surface area contributed by atoms with Crippen LogP contribution in [0.5, 0.6) is 29.0 Å². The standard InChI is InChI=1S/C11H9N2O4/c1-16-9-3-2-7(6-13-9)17-8-4-5-12-11(15)10(8)14/h2-6H,1H3,(H,12,15). The zero-order valence-electron chi connectivity index (χ0n) is 8.95. The third kappa shape index (κ3) is 2.36. The van der Waals surface area contributed by atoms with Gasteiger partial charge in [0.1, 0.15) is 5.75 Å². The van der Waals surface area contributed by atoms with Gasteiger partial charge in [0.2, 0.25) is 5.88 Å². The van der Waals surface area contributed by atoms with Crippen molar-refractivity contribution < 1.29 is 19.7 Å². The predicted octanol–water partition coefficient (Wildman–Crippen LogP) is 2.13. The summed E-state index contributed by atoms with van der Waals surface area (Å²) >= 11 is 0. The fourth-order valence-electron chi connectivity index (χ4n) is 1.18. The highest BCUT2D eigenvalue weighted by Gasteiger charge is 2.11. The fraction of sp³-hybridized carbons (Fsp3) is 0.0909. The summed E-state index contributed by atoms with van der Waals surface area (Å²) in [6.45, 7) is 0. The zero-order valence-corrected chi connectivity index (χ0v) is 8.95. The van der Waals surface area contributed by atoms with Gasteiger partial charge in [0, 0.05) is 18.3 Å². The Morgan fingerprint density at radius 1 is 1.24 bits per heavy atom. The SMILES string of the molecule is COc1ccc(Oc2ccnc(O)c2[O])cn1. The van der Waals surface area contributed by atoms with E-state index in [4.69, 9.17) is 14.6 Å². The van der Waals surface area contributed by atoms with Crippen molar-refractivity contribution >= 4 is 0 Å². The van der Waals surface area contributed by atoms with Crippen molar-refractivity contribution in [2.45, 2.75) is 0 Å². The normalized spacial score (nSPS) is 9.94. The molecule has 0 fully saturated rings. The summed E-state index contributed by atoms with van der Waals surface area (Å²) in [5.41, 5.74) is 0. The molecule has 2 aromatic rings. The summed E-state index contributed by atoms with van der Waals surface area (Å²) in [5, 5.41) is 20.5. The largest absolute Gasteiger partial charge is 0.490 e. The van der Waals surface area contributed by atoms with Crippen LogP contribution in [0.3, 0.4) is 0 Å². The molecule has 0 saturated heterocycles. The van der Waals surface area contributed by atoms with Crippen molar-refractivity contribution in [3.8, 4) is 29.0 Å². The minimum atomic E-state index is -0.664. The summed E-state index contributed by atoms with van der Waals surface area (Å²) in [6.07, 6.45) is 2.69. The predicted molar refractivity (Wildman–Crippen MR) is 56.9 cm³/mol. The Balaban J connectivity index is 2.22. The van der Waals surface area contributed by atoms with Crippen molar-refractivity contribution in [1.29, 1.82) is 0 Å². The van der Waals surface area contributed by atoms with Crippen LogP contribution in [0.25, 0.3) is 0 Å². The molecule has 87 valence electrons. The number of nitrogens with zero attached hydrogens (tertiary/aromatic N) is 2. The lowest BCUT2D eigenvalue weighted by molar-refractivity contribution is 0.297. The molecule has 0 atom stereocenters. The second-order valence-electron chi connectivity index (χ2n) is 3.10. The topological polar surface area (TPSA) is 84.4 Å². The van der Waals surface area contributed by atoms with Gasteiger partial charge in [-0.25, -0.2) is 9.97 Å². The van der Waals surface area contributed by atoms with Crippen molar-refractivity contribution in [2.24, 2.45) is 0 Å². The van der Waals surface area contributed by atoms with Gasteiger partial charge in [-0.05, 0) is 6.07 Å². The third-order valence-electron chi connectivity index (χ3n) is 2.00. The molecule has 0 saturated carbocycles. The van der Waals surface area contributed by atoms with E-state index in [0.717, 1.165) is 0 Å². The Morgan fingerprint density at radius 3 is 2.71 bits per heavy atom. The van der Waals surface area contributed by atoms with E-state index in [1.54, 1.807) is 12.1 Å². The van der Waals surface area contributed by atoms with Crippen LogP contribution >= 0.6 is 0 Å². The number of aromatic nitrogens is 2. The number of aromatic hydroxyl groups is 1. The number of pyridine rings is 2. The highest BCUT2D eigenvalue weighted by molar-refractivity contribution is 5.46. The van der Waals surface area contributed by atoms with Crippen molar-refractivity contribution in [3.05, 3.63) is 30.6 Å². The first-order valence-electron chi connectivity index (χ1n) is 4.73. The molecule has 2 heterocycles. The van der Waals surface area contributed by atoms with Gasteiger partial charge in [0.05, 0.1) is 13.3 Å². The van der Waals surface area contributed by atoms with Crippen LogP contribution in [0.1, 0.15) is 0 Å². The van der Waals surface area contributed by atoms with E-state index in [1.807, 2.05) is 0 Å². The van der Waals surface area contributed by atoms with Gasteiger partial charge in [0.25, 0.3) is 11.6 Å². The molecule has 6 heteroatoms. The molecule has 2 rings (SSSR count). The molecule has 0 aliphatic heterocycles.